The summed E-state index contributed by atoms with van der Waals surface area (Å²) in [6, 6.07) is 0. The van der Waals surface area contributed by atoms with Crippen molar-refractivity contribution in [3.63, 3.8) is 0 Å². The first kappa shape index (κ1) is 24.1. The lowest BCUT2D eigenvalue weighted by atomic mass is 9.93. The highest BCUT2D eigenvalue weighted by atomic mass is 127. The first-order valence-electron chi connectivity index (χ1n) is 8.00. The minimum atomic E-state index is -4.39. The summed E-state index contributed by atoms with van der Waals surface area (Å²) in [6.45, 7) is 7.32. The summed E-state index contributed by atoms with van der Waals surface area (Å²) >= 11 is 2.59. The molecule has 0 bridgehead atoms. The minimum Gasteiger partial charge on any atom is -0.356 e. The van der Waals surface area contributed by atoms with E-state index >= 15 is 0 Å². The van der Waals surface area contributed by atoms with Gasteiger partial charge in [0.1, 0.15) is 5.01 Å². The molecule has 2 heterocycles. The van der Waals surface area contributed by atoms with Crippen LogP contribution < -0.4 is 10.6 Å². The Labute approximate surface area is 181 Å². The van der Waals surface area contributed by atoms with Crippen LogP contribution in [0.15, 0.2) is 15.8 Å². The monoisotopic (exact) mass is 533 g/mol. The van der Waals surface area contributed by atoms with Gasteiger partial charge in [0.25, 0.3) is 0 Å². The van der Waals surface area contributed by atoms with Gasteiger partial charge in [-0.3, -0.25) is 4.99 Å². The Morgan fingerprint density at radius 2 is 1.63 bits per heavy atom. The van der Waals surface area contributed by atoms with Crippen molar-refractivity contribution in [2.24, 2.45) is 4.99 Å². The molecule has 0 radical (unpaired) electrons. The number of thiazole rings is 2. The van der Waals surface area contributed by atoms with Crippen molar-refractivity contribution in [2.75, 3.05) is 13.6 Å². The first-order chi connectivity index (χ1) is 12.1. The predicted molar refractivity (Wildman–Crippen MR) is 115 cm³/mol. The molecular weight excluding hydrogens is 510 g/mol. The van der Waals surface area contributed by atoms with Gasteiger partial charge in [-0.15, -0.1) is 46.7 Å². The van der Waals surface area contributed by atoms with Crippen LogP contribution in [0.5, 0.6) is 0 Å². The average molecular weight is 533 g/mol. The maximum absolute atomic E-state index is 12.5. The van der Waals surface area contributed by atoms with E-state index in [-0.39, 0.29) is 29.4 Å². The van der Waals surface area contributed by atoms with E-state index in [1.54, 1.807) is 18.4 Å². The maximum Gasteiger partial charge on any atom is 0.434 e. The smallest absolute Gasteiger partial charge is 0.356 e. The summed E-state index contributed by atoms with van der Waals surface area (Å²) < 4.78 is 37.6. The SMILES string of the molecule is CN=C(NCCc1nc(C(F)(F)F)cs1)NCc1nc(C(C)(C)C)cs1.I. The molecule has 0 saturated heterocycles. The van der Waals surface area contributed by atoms with Crippen LogP contribution in [0.3, 0.4) is 0 Å². The van der Waals surface area contributed by atoms with Crippen molar-refractivity contribution < 1.29 is 13.2 Å². The van der Waals surface area contributed by atoms with Gasteiger partial charge in [-0.25, -0.2) is 9.97 Å². The van der Waals surface area contributed by atoms with Gasteiger partial charge in [0, 0.05) is 36.2 Å². The van der Waals surface area contributed by atoms with Crippen LogP contribution in [-0.4, -0.2) is 29.5 Å². The van der Waals surface area contributed by atoms with E-state index in [9.17, 15) is 13.2 Å². The number of halogens is 4. The highest BCUT2D eigenvalue weighted by Gasteiger charge is 2.33. The normalized spacial score (nSPS) is 12.6. The molecule has 2 aromatic rings. The van der Waals surface area contributed by atoms with Gasteiger partial charge in [-0.1, -0.05) is 20.8 Å². The molecule has 0 aliphatic carbocycles. The van der Waals surface area contributed by atoms with E-state index < -0.39 is 11.9 Å². The number of rotatable bonds is 5. The quantitative estimate of drug-likeness (QED) is 0.339. The van der Waals surface area contributed by atoms with Crippen molar-refractivity contribution in [3.05, 3.63) is 32.2 Å². The van der Waals surface area contributed by atoms with Crippen LogP contribution in [0.25, 0.3) is 0 Å². The molecule has 0 spiro atoms. The van der Waals surface area contributed by atoms with Gasteiger partial charge < -0.3 is 10.6 Å². The molecule has 0 fully saturated rings. The standard InChI is InChI=1S/C16H22F3N5S2.HI/c1-15(2,3)10-8-26-13(23-10)7-22-14(20-4)21-6-5-12-24-11(9-25-12)16(17,18)19;/h8-9H,5-7H2,1-4H3,(H2,20,21,22);1H. The summed E-state index contributed by atoms with van der Waals surface area (Å²) in [6.07, 6.45) is -3.99. The van der Waals surface area contributed by atoms with Gasteiger partial charge in [0.05, 0.1) is 17.2 Å². The van der Waals surface area contributed by atoms with Gasteiger partial charge in [-0.05, 0) is 0 Å². The molecular formula is C16H23F3IN5S2. The van der Waals surface area contributed by atoms with Gasteiger partial charge >= 0.3 is 6.18 Å². The number of aliphatic imine (C=N–C) groups is 1. The Bertz CT molecular complexity index is 750. The second-order valence-electron chi connectivity index (χ2n) is 6.60. The van der Waals surface area contributed by atoms with Crippen LogP contribution in [0.2, 0.25) is 0 Å². The number of hydrogen-bond donors (Lipinski definition) is 2. The molecule has 0 atom stereocenters. The van der Waals surface area contributed by atoms with E-state index in [1.165, 1.54) is 0 Å². The molecule has 152 valence electrons. The number of alkyl halides is 3. The van der Waals surface area contributed by atoms with Crippen molar-refractivity contribution >= 4 is 52.6 Å². The van der Waals surface area contributed by atoms with E-state index in [4.69, 9.17) is 0 Å². The molecule has 0 aliphatic heterocycles. The Balaban J connectivity index is 0.00000364. The highest BCUT2D eigenvalue weighted by Crippen LogP contribution is 2.30. The third-order valence-electron chi connectivity index (χ3n) is 3.42. The number of nitrogens with zero attached hydrogens (tertiary/aromatic N) is 3. The first-order valence-corrected chi connectivity index (χ1v) is 9.76. The lowest BCUT2D eigenvalue weighted by Crippen LogP contribution is -2.37. The number of guanidine groups is 1. The van der Waals surface area contributed by atoms with E-state index in [2.05, 4.69) is 46.4 Å². The zero-order chi connectivity index (χ0) is 19.4. The number of nitrogens with one attached hydrogen (secondary N) is 2. The number of hydrogen-bond acceptors (Lipinski definition) is 5. The van der Waals surface area contributed by atoms with Crippen molar-refractivity contribution in [1.82, 2.24) is 20.6 Å². The fourth-order valence-electron chi connectivity index (χ4n) is 1.96. The maximum atomic E-state index is 12.5. The molecule has 27 heavy (non-hydrogen) atoms. The molecule has 0 unspecified atom stereocenters. The van der Waals surface area contributed by atoms with Gasteiger partial charge in [-0.2, -0.15) is 13.2 Å². The van der Waals surface area contributed by atoms with E-state index in [0.29, 0.717) is 30.5 Å². The second kappa shape index (κ2) is 10.0. The van der Waals surface area contributed by atoms with Crippen molar-refractivity contribution in [2.45, 2.75) is 45.3 Å². The fourth-order valence-corrected chi connectivity index (χ4v) is 3.73. The average Bonchev–Trinajstić information content (AvgIpc) is 3.18. The Morgan fingerprint density at radius 3 is 2.15 bits per heavy atom. The Kier molecular flexibility index (Phi) is 8.93. The van der Waals surface area contributed by atoms with Crippen LogP contribution in [0, 0.1) is 0 Å². The lowest BCUT2D eigenvalue weighted by Gasteiger charge is -2.14. The topological polar surface area (TPSA) is 62.2 Å². The summed E-state index contributed by atoms with van der Waals surface area (Å²) in [5.41, 5.74) is 0.224. The fraction of sp³-hybridized carbons (Fsp3) is 0.562. The molecule has 0 saturated carbocycles. The summed E-state index contributed by atoms with van der Waals surface area (Å²) in [5.74, 6) is 0.574. The van der Waals surface area contributed by atoms with Crippen molar-refractivity contribution in [3.8, 4) is 0 Å². The van der Waals surface area contributed by atoms with E-state index in [0.717, 1.165) is 27.4 Å². The second-order valence-corrected chi connectivity index (χ2v) is 8.49. The number of aromatic nitrogens is 2. The van der Waals surface area contributed by atoms with Crippen LogP contribution in [0.1, 0.15) is 42.2 Å². The third kappa shape index (κ3) is 7.53. The molecule has 2 aromatic heterocycles. The minimum absolute atomic E-state index is 0. The molecule has 0 amide bonds. The lowest BCUT2D eigenvalue weighted by molar-refractivity contribution is -0.140. The summed E-state index contributed by atoms with van der Waals surface area (Å²) in [4.78, 5) is 12.3. The van der Waals surface area contributed by atoms with Gasteiger partial charge in [0.15, 0.2) is 11.7 Å². The summed E-state index contributed by atoms with van der Waals surface area (Å²) in [5, 5.41) is 10.7. The zero-order valence-corrected chi connectivity index (χ0v) is 19.4. The molecule has 2 rings (SSSR count). The van der Waals surface area contributed by atoms with Crippen LogP contribution >= 0.6 is 46.7 Å². The molecule has 0 aliphatic rings. The predicted octanol–water partition coefficient (Wildman–Crippen LogP) is 4.44. The van der Waals surface area contributed by atoms with Gasteiger partial charge in [0.2, 0.25) is 0 Å². The van der Waals surface area contributed by atoms with E-state index in [1.807, 2.05) is 5.38 Å². The highest BCUT2D eigenvalue weighted by molar-refractivity contribution is 14.0. The Morgan fingerprint density at radius 1 is 1.04 bits per heavy atom. The Hall–Kier alpha value is -0.950. The largest absolute Gasteiger partial charge is 0.434 e. The third-order valence-corrected chi connectivity index (χ3v) is 5.18. The molecule has 2 N–H and O–H groups in total. The molecule has 5 nitrogen and oxygen atoms in total. The van der Waals surface area contributed by atoms with Crippen molar-refractivity contribution in [1.29, 1.82) is 0 Å². The molecule has 0 aromatic carbocycles. The van der Waals surface area contributed by atoms with Crippen LogP contribution in [0.4, 0.5) is 13.2 Å². The van der Waals surface area contributed by atoms with Crippen LogP contribution in [-0.2, 0) is 24.6 Å². The molecule has 11 heteroatoms. The zero-order valence-electron chi connectivity index (χ0n) is 15.5. The summed E-state index contributed by atoms with van der Waals surface area (Å²) in [7, 11) is 1.64.